The molecule has 1 atom stereocenters. The van der Waals surface area contributed by atoms with Gasteiger partial charge in [-0.25, -0.2) is 12.6 Å². The van der Waals surface area contributed by atoms with Gasteiger partial charge in [-0.05, 0) is 17.7 Å². The maximum atomic E-state index is 10.8. The minimum absolute atomic E-state index is 0.0452. The summed E-state index contributed by atoms with van der Waals surface area (Å²) >= 11 is -2.58. The molecule has 1 unspecified atom stereocenters. The Balaban J connectivity index is 2.77. The van der Waals surface area contributed by atoms with Crippen molar-refractivity contribution in [1.82, 2.24) is 0 Å². The summed E-state index contributed by atoms with van der Waals surface area (Å²) in [5.74, 6) is 0. The highest BCUT2D eigenvalue weighted by Gasteiger charge is 2.08. The van der Waals surface area contributed by atoms with E-state index in [1.165, 1.54) is 24.3 Å². The fraction of sp³-hybridized carbons (Fsp3) is 0.143. The normalized spacial score (nSPS) is 13.7. The summed E-state index contributed by atoms with van der Waals surface area (Å²) < 4.78 is 46.1. The van der Waals surface area contributed by atoms with E-state index in [1.54, 1.807) is 0 Å². The first kappa shape index (κ1) is 12.6. The largest absolute Gasteiger partial charge is 0.750 e. The van der Waals surface area contributed by atoms with Crippen molar-refractivity contribution in [2.24, 2.45) is 0 Å². The molecule has 0 amide bonds. The van der Waals surface area contributed by atoms with Crippen LogP contribution in [0, 0.1) is 0 Å². The SMILES string of the molecule is O=S([O-])OCc1ccc(S(=O)(=O)Cl)cc1. The van der Waals surface area contributed by atoms with E-state index in [0.717, 1.165) is 0 Å². The second-order valence-corrected chi connectivity index (χ2v) is 5.76. The van der Waals surface area contributed by atoms with Crippen molar-refractivity contribution in [2.45, 2.75) is 11.5 Å². The summed E-state index contributed by atoms with van der Waals surface area (Å²) in [5, 5.41) is 0. The van der Waals surface area contributed by atoms with Crippen molar-refractivity contribution in [3.05, 3.63) is 29.8 Å². The molecule has 0 spiro atoms. The van der Waals surface area contributed by atoms with Gasteiger partial charge in [-0.15, -0.1) is 0 Å². The van der Waals surface area contributed by atoms with Crippen molar-refractivity contribution in [3.8, 4) is 0 Å². The number of rotatable bonds is 4. The van der Waals surface area contributed by atoms with Gasteiger partial charge in [0.25, 0.3) is 9.05 Å². The van der Waals surface area contributed by atoms with E-state index in [-0.39, 0.29) is 11.5 Å². The first-order valence-electron chi connectivity index (χ1n) is 3.66. The first-order chi connectivity index (χ1) is 6.89. The van der Waals surface area contributed by atoms with Crippen molar-refractivity contribution in [1.29, 1.82) is 0 Å². The molecule has 0 saturated heterocycles. The molecule has 0 radical (unpaired) electrons. The van der Waals surface area contributed by atoms with Crippen LogP contribution >= 0.6 is 10.7 Å². The molecule has 0 saturated carbocycles. The lowest BCUT2D eigenvalue weighted by atomic mass is 10.2. The average molecular weight is 270 g/mol. The zero-order valence-electron chi connectivity index (χ0n) is 7.25. The van der Waals surface area contributed by atoms with Gasteiger partial charge in [0.2, 0.25) is 0 Å². The van der Waals surface area contributed by atoms with Crippen molar-refractivity contribution >= 4 is 31.1 Å². The maximum absolute atomic E-state index is 10.8. The smallest absolute Gasteiger partial charge is 0.261 e. The summed E-state index contributed by atoms with van der Waals surface area (Å²) in [7, 11) is 1.34. The molecule has 0 bridgehead atoms. The third kappa shape index (κ3) is 4.27. The second kappa shape index (κ2) is 5.04. The molecule has 15 heavy (non-hydrogen) atoms. The molecule has 8 heteroatoms. The highest BCUT2D eigenvalue weighted by Crippen LogP contribution is 2.15. The minimum Gasteiger partial charge on any atom is -0.750 e. The number of hydrogen-bond donors (Lipinski definition) is 0. The molecule has 0 heterocycles. The average Bonchev–Trinajstić information content (AvgIpc) is 2.14. The molecule has 0 fully saturated rings. The summed E-state index contributed by atoms with van der Waals surface area (Å²) in [6.07, 6.45) is 0. The molecule has 84 valence electrons. The molecular formula is C7H6ClO5S2-. The molecular weight excluding hydrogens is 264 g/mol. The Kier molecular flexibility index (Phi) is 4.23. The topological polar surface area (TPSA) is 83.5 Å². The standard InChI is InChI=1S/C7H7ClO5S2/c8-15(11,12)7-3-1-6(2-4-7)5-13-14(9)10/h1-4H,5H2,(H,9,10)/p-1. The lowest BCUT2D eigenvalue weighted by Crippen LogP contribution is -1.97. The van der Waals surface area contributed by atoms with E-state index in [1.807, 2.05) is 0 Å². The number of hydrogen-bond acceptors (Lipinski definition) is 5. The minimum atomic E-state index is -3.74. The third-order valence-electron chi connectivity index (χ3n) is 1.53. The predicted molar refractivity (Wildman–Crippen MR) is 53.2 cm³/mol. The fourth-order valence-electron chi connectivity index (χ4n) is 0.864. The Morgan fingerprint density at radius 1 is 1.33 bits per heavy atom. The molecule has 5 nitrogen and oxygen atoms in total. The van der Waals surface area contributed by atoms with Crippen molar-refractivity contribution < 1.29 is 21.4 Å². The Labute approximate surface area is 93.9 Å². The lowest BCUT2D eigenvalue weighted by molar-refractivity contribution is 0.291. The Hall–Kier alpha value is -0.470. The van der Waals surface area contributed by atoms with Gasteiger partial charge >= 0.3 is 0 Å². The van der Waals surface area contributed by atoms with Gasteiger partial charge in [-0.1, -0.05) is 12.1 Å². The van der Waals surface area contributed by atoms with Crippen LogP contribution in [-0.2, 0) is 31.2 Å². The molecule has 0 N–H and O–H groups in total. The predicted octanol–water partition coefficient (Wildman–Crippen LogP) is 0.925. The Morgan fingerprint density at radius 3 is 2.27 bits per heavy atom. The summed E-state index contributed by atoms with van der Waals surface area (Å²) in [6, 6.07) is 5.38. The molecule has 0 aliphatic carbocycles. The van der Waals surface area contributed by atoms with Gasteiger partial charge in [0.15, 0.2) is 0 Å². The van der Waals surface area contributed by atoms with Gasteiger partial charge in [-0.3, -0.25) is 4.18 Å². The van der Waals surface area contributed by atoms with Gasteiger partial charge in [0.05, 0.1) is 22.9 Å². The molecule has 1 aromatic rings. The van der Waals surface area contributed by atoms with E-state index in [0.29, 0.717) is 5.56 Å². The van der Waals surface area contributed by atoms with Crippen molar-refractivity contribution in [3.63, 3.8) is 0 Å². The zero-order chi connectivity index (χ0) is 11.5. The van der Waals surface area contributed by atoms with Crippen molar-refractivity contribution in [2.75, 3.05) is 0 Å². The molecule has 0 aromatic heterocycles. The van der Waals surface area contributed by atoms with Gasteiger partial charge in [0, 0.05) is 10.7 Å². The summed E-state index contributed by atoms with van der Waals surface area (Å²) in [4.78, 5) is -0.0452. The van der Waals surface area contributed by atoms with Crippen LogP contribution in [0.4, 0.5) is 0 Å². The molecule has 0 aliphatic rings. The van der Waals surface area contributed by atoms with Gasteiger partial charge in [-0.2, -0.15) is 0 Å². The molecule has 0 aliphatic heterocycles. The Morgan fingerprint density at radius 2 is 1.87 bits per heavy atom. The highest BCUT2D eigenvalue weighted by molar-refractivity contribution is 8.13. The summed E-state index contributed by atoms with van der Waals surface area (Å²) in [6.45, 7) is -0.140. The molecule has 1 rings (SSSR count). The monoisotopic (exact) mass is 269 g/mol. The second-order valence-electron chi connectivity index (χ2n) is 2.55. The van der Waals surface area contributed by atoms with E-state index in [9.17, 15) is 17.2 Å². The van der Waals surface area contributed by atoms with Crippen LogP contribution in [0.1, 0.15) is 5.56 Å². The Bertz CT molecular complexity index is 453. The first-order valence-corrected chi connectivity index (χ1v) is 6.96. The third-order valence-corrected chi connectivity index (χ3v) is 3.21. The maximum Gasteiger partial charge on any atom is 0.261 e. The highest BCUT2D eigenvalue weighted by atomic mass is 35.7. The van der Waals surface area contributed by atoms with Crippen LogP contribution in [0.2, 0.25) is 0 Å². The van der Waals surface area contributed by atoms with Gasteiger partial charge in [0.1, 0.15) is 0 Å². The van der Waals surface area contributed by atoms with E-state index in [4.69, 9.17) is 10.7 Å². The van der Waals surface area contributed by atoms with Crippen LogP contribution in [0.3, 0.4) is 0 Å². The number of halogens is 1. The molecule has 1 aromatic carbocycles. The van der Waals surface area contributed by atoms with Crippen LogP contribution in [0.5, 0.6) is 0 Å². The van der Waals surface area contributed by atoms with E-state index >= 15 is 0 Å². The lowest BCUT2D eigenvalue weighted by Gasteiger charge is -2.05. The quantitative estimate of drug-likeness (QED) is 0.600. The summed E-state index contributed by atoms with van der Waals surface area (Å²) in [5.41, 5.74) is 0.531. The van der Waals surface area contributed by atoms with Crippen LogP contribution < -0.4 is 0 Å². The fourth-order valence-corrected chi connectivity index (χ4v) is 1.87. The van der Waals surface area contributed by atoms with Crippen LogP contribution in [0.15, 0.2) is 29.2 Å². The van der Waals surface area contributed by atoms with Gasteiger partial charge < -0.3 is 4.55 Å². The number of benzene rings is 1. The van der Waals surface area contributed by atoms with Crippen LogP contribution in [-0.4, -0.2) is 17.2 Å². The van der Waals surface area contributed by atoms with E-state index in [2.05, 4.69) is 4.18 Å². The van der Waals surface area contributed by atoms with Crippen LogP contribution in [0.25, 0.3) is 0 Å². The van der Waals surface area contributed by atoms with E-state index < -0.39 is 20.4 Å². The zero-order valence-corrected chi connectivity index (χ0v) is 9.64.